The van der Waals surface area contributed by atoms with Gasteiger partial charge in [0.25, 0.3) is 5.91 Å². The van der Waals surface area contributed by atoms with Crippen LogP contribution in [0, 0.1) is 0 Å². The van der Waals surface area contributed by atoms with E-state index in [1.165, 1.54) is 0 Å². The van der Waals surface area contributed by atoms with Crippen LogP contribution in [-0.4, -0.2) is 12.5 Å². The lowest BCUT2D eigenvalue weighted by Crippen LogP contribution is -2.14. The van der Waals surface area contributed by atoms with E-state index in [1.54, 1.807) is 36.4 Å². The van der Waals surface area contributed by atoms with Crippen molar-refractivity contribution in [2.24, 2.45) is 0 Å². The van der Waals surface area contributed by atoms with Gasteiger partial charge in [-0.2, -0.15) is 0 Å². The van der Waals surface area contributed by atoms with Crippen molar-refractivity contribution in [3.05, 3.63) is 52.5 Å². The molecule has 3 N–H and O–H groups in total. The summed E-state index contributed by atoms with van der Waals surface area (Å²) in [7, 11) is 0. The smallest absolute Gasteiger partial charge is 0.259 e. The van der Waals surface area contributed by atoms with Gasteiger partial charge in [-0.25, -0.2) is 0 Å². The Morgan fingerprint density at radius 1 is 1.30 bits per heavy atom. The molecule has 1 amide bonds. The lowest BCUT2D eigenvalue weighted by Gasteiger charge is -2.11. The van der Waals surface area contributed by atoms with Gasteiger partial charge in [0.15, 0.2) is 0 Å². The van der Waals surface area contributed by atoms with E-state index in [0.29, 0.717) is 29.3 Å². The summed E-state index contributed by atoms with van der Waals surface area (Å²) < 4.78 is 6.19. The zero-order valence-corrected chi connectivity index (χ0v) is 12.6. The van der Waals surface area contributed by atoms with Crippen molar-refractivity contribution < 1.29 is 9.53 Å². The number of hydrogen-bond acceptors (Lipinski definition) is 3. The maximum absolute atomic E-state index is 12.3. The van der Waals surface area contributed by atoms with E-state index in [1.807, 2.05) is 13.0 Å². The molecule has 0 saturated heterocycles. The van der Waals surface area contributed by atoms with Crippen LogP contribution in [-0.2, 0) is 0 Å². The first-order valence-corrected chi connectivity index (χ1v) is 6.99. The molecule has 0 heterocycles. The predicted molar refractivity (Wildman–Crippen MR) is 84.1 cm³/mol. The van der Waals surface area contributed by atoms with E-state index in [9.17, 15) is 4.79 Å². The number of benzene rings is 2. The number of para-hydroxylation sites is 1. The van der Waals surface area contributed by atoms with Crippen LogP contribution in [0.3, 0.4) is 0 Å². The Labute approximate surface area is 126 Å². The molecule has 2 aromatic rings. The molecule has 0 aliphatic carbocycles. The van der Waals surface area contributed by atoms with E-state index < -0.39 is 0 Å². The van der Waals surface area contributed by atoms with Crippen LogP contribution in [0.1, 0.15) is 17.3 Å². The van der Waals surface area contributed by atoms with Gasteiger partial charge in [0.1, 0.15) is 5.75 Å². The number of halogens is 1. The average molecular weight is 335 g/mol. The summed E-state index contributed by atoms with van der Waals surface area (Å²) >= 11 is 3.37. The standard InChI is InChI=1S/C15H15BrN2O2/c1-2-20-14-6-4-3-5-11(14)15(19)18-13-8-7-10(17)9-12(13)16/h3-9H,2,17H2,1H3,(H,18,19). The number of carbonyl (C=O) groups excluding carboxylic acids is 1. The van der Waals surface area contributed by atoms with Crippen LogP contribution in [0.15, 0.2) is 46.9 Å². The molecule has 0 bridgehead atoms. The van der Waals surface area contributed by atoms with E-state index >= 15 is 0 Å². The normalized spacial score (nSPS) is 10.1. The van der Waals surface area contributed by atoms with Gasteiger partial charge in [0, 0.05) is 10.2 Å². The Morgan fingerprint density at radius 2 is 2.05 bits per heavy atom. The molecule has 20 heavy (non-hydrogen) atoms. The third kappa shape index (κ3) is 3.30. The maximum atomic E-state index is 12.3. The summed E-state index contributed by atoms with van der Waals surface area (Å²) in [5.74, 6) is 0.346. The monoisotopic (exact) mass is 334 g/mol. The Hall–Kier alpha value is -2.01. The van der Waals surface area contributed by atoms with E-state index in [-0.39, 0.29) is 5.91 Å². The fourth-order valence-electron chi connectivity index (χ4n) is 1.76. The number of amides is 1. The second-order valence-corrected chi connectivity index (χ2v) is 4.98. The van der Waals surface area contributed by atoms with Crippen molar-refractivity contribution in [2.45, 2.75) is 6.92 Å². The SMILES string of the molecule is CCOc1ccccc1C(=O)Nc1ccc(N)cc1Br. The molecule has 0 atom stereocenters. The second-order valence-electron chi connectivity index (χ2n) is 4.12. The van der Waals surface area contributed by atoms with Gasteiger partial charge in [0.2, 0.25) is 0 Å². The van der Waals surface area contributed by atoms with Gasteiger partial charge >= 0.3 is 0 Å². The van der Waals surface area contributed by atoms with Gasteiger partial charge in [-0.1, -0.05) is 12.1 Å². The number of nitrogens with two attached hydrogens (primary N) is 1. The molecule has 0 unspecified atom stereocenters. The van der Waals surface area contributed by atoms with Crippen LogP contribution in [0.5, 0.6) is 5.75 Å². The molecule has 0 aromatic heterocycles. The number of anilines is 2. The van der Waals surface area contributed by atoms with Crippen molar-refractivity contribution in [1.29, 1.82) is 0 Å². The largest absolute Gasteiger partial charge is 0.493 e. The van der Waals surface area contributed by atoms with Crippen LogP contribution in [0.2, 0.25) is 0 Å². The molecule has 0 aliphatic heterocycles. The van der Waals surface area contributed by atoms with Crippen molar-refractivity contribution in [3.8, 4) is 5.75 Å². The van der Waals surface area contributed by atoms with Gasteiger partial charge in [-0.05, 0) is 53.2 Å². The first kappa shape index (κ1) is 14.4. The summed E-state index contributed by atoms with van der Waals surface area (Å²) in [5.41, 5.74) is 7.46. The van der Waals surface area contributed by atoms with Gasteiger partial charge in [-0.15, -0.1) is 0 Å². The molecule has 0 radical (unpaired) electrons. The molecule has 0 saturated carbocycles. The number of ether oxygens (including phenoxy) is 1. The highest BCUT2D eigenvalue weighted by molar-refractivity contribution is 9.10. The fraction of sp³-hybridized carbons (Fsp3) is 0.133. The molecular weight excluding hydrogens is 320 g/mol. The zero-order chi connectivity index (χ0) is 14.5. The highest BCUT2D eigenvalue weighted by atomic mass is 79.9. The summed E-state index contributed by atoms with van der Waals surface area (Å²) in [6.45, 7) is 2.39. The van der Waals surface area contributed by atoms with Gasteiger partial charge in [-0.3, -0.25) is 4.79 Å². The molecule has 104 valence electrons. The van der Waals surface area contributed by atoms with E-state index in [0.717, 1.165) is 4.47 Å². The molecule has 0 fully saturated rings. The molecule has 2 rings (SSSR count). The Bertz CT molecular complexity index is 629. The zero-order valence-electron chi connectivity index (χ0n) is 11.0. The van der Waals surface area contributed by atoms with Crippen LogP contribution < -0.4 is 15.8 Å². The number of nitrogens with one attached hydrogen (secondary N) is 1. The number of hydrogen-bond donors (Lipinski definition) is 2. The number of rotatable bonds is 4. The summed E-state index contributed by atoms with van der Waals surface area (Å²) in [5, 5.41) is 2.83. The first-order valence-electron chi connectivity index (χ1n) is 6.20. The minimum Gasteiger partial charge on any atom is -0.493 e. The Kier molecular flexibility index (Phi) is 4.63. The highest BCUT2D eigenvalue weighted by Crippen LogP contribution is 2.26. The first-order chi connectivity index (χ1) is 9.61. The minimum atomic E-state index is -0.223. The maximum Gasteiger partial charge on any atom is 0.259 e. The summed E-state index contributed by atoms with van der Waals surface area (Å²) in [6, 6.07) is 12.4. The van der Waals surface area contributed by atoms with E-state index in [2.05, 4.69) is 21.2 Å². The summed E-state index contributed by atoms with van der Waals surface area (Å²) in [4.78, 5) is 12.3. The lowest BCUT2D eigenvalue weighted by molar-refractivity contribution is 0.102. The van der Waals surface area contributed by atoms with Crippen LogP contribution in [0.25, 0.3) is 0 Å². The average Bonchev–Trinajstić information content (AvgIpc) is 2.43. The fourth-order valence-corrected chi connectivity index (χ4v) is 2.25. The van der Waals surface area contributed by atoms with Gasteiger partial charge in [0.05, 0.1) is 17.9 Å². The van der Waals surface area contributed by atoms with Crippen molar-refractivity contribution in [3.63, 3.8) is 0 Å². The molecule has 0 aliphatic rings. The second kappa shape index (κ2) is 6.43. The van der Waals surface area contributed by atoms with Crippen molar-refractivity contribution >= 4 is 33.2 Å². The van der Waals surface area contributed by atoms with Crippen LogP contribution >= 0.6 is 15.9 Å². The Morgan fingerprint density at radius 3 is 2.75 bits per heavy atom. The van der Waals surface area contributed by atoms with Crippen LogP contribution in [0.4, 0.5) is 11.4 Å². The third-order valence-electron chi connectivity index (χ3n) is 2.67. The van der Waals surface area contributed by atoms with Crippen molar-refractivity contribution in [1.82, 2.24) is 0 Å². The summed E-state index contributed by atoms with van der Waals surface area (Å²) in [6.07, 6.45) is 0. The quantitative estimate of drug-likeness (QED) is 0.838. The molecule has 5 heteroatoms. The lowest BCUT2D eigenvalue weighted by atomic mass is 10.2. The highest BCUT2D eigenvalue weighted by Gasteiger charge is 2.13. The molecule has 2 aromatic carbocycles. The predicted octanol–water partition coefficient (Wildman–Crippen LogP) is 3.68. The Balaban J connectivity index is 2.24. The third-order valence-corrected chi connectivity index (χ3v) is 3.33. The van der Waals surface area contributed by atoms with Gasteiger partial charge < -0.3 is 15.8 Å². The van der Waals surface area contributed by atoms with Crippen molar-refractivity contribution in [2.75, 3.05) is 17.7 Å². The number of nitrogen functional groups attached to an aromatic ring is 1. The van der Waals surface area contributed by atoms with E-state index in [4.69, 9.17) is 10.5 Å². The molecule has 0 spiro atoms. The molecule has 4 nitrogen and oxygen atoms in total. The minimum absolute atomic E-state index is 0.223. The number of carbonyl (C=O) groups is 1. The topological polar surface area (TPSA) is 64.3 Å². The molecular formula is C15H15BrN2O2.